The van der Waals surface area contributed by atoms with Gasteiger partial charge in [0.1, 0.15) is 5.75 Å². The maximum atomic E-state index is 12.4. The molecule has 0 bridgehead atoms. The summed E-state index contributed by atoms with van der Waals surface area (Å²) in [7, 11) is 0. The summed E-state index contributed by atoms with van der Waals surface area (Å²) in [6.45, 7) is 3.36. The topological polar surface area (TPSA) is 86.6 Å². The average molecular weight is 291 g/mol. The van der Waals surface area contributed by atoms with E-state index in [1.54, 1.807) is 26.0 Å². The fourth-order valence-corrected chi connectivity index (χ4v) is 2.93. The Morgan fingerprint density at radius 3 is 2.71 bits per heavy atom. The lowest BCUT2D eigenvalue weighted by molar-refractivity contribution is -0.151. The van der Waals surface area contributed by atoms with E-state index in [1.807, 2.05) is 0 Å². The van der Waals surface area contributed by atoms with Gasteiger partial charge in [-0.05, 0) is 38.8 Å². The molecule has 1 aromatic carbocycles. The number of carboxylic acid groups (broad SMARTS) is 1. The molecule has 1 aromatic rings. The highest BCUT2D eigenvalue weighted by Gasteiger charge is 2.44. The molecule has 1 fully saturated rings. The zero-order chi connectivity index (χ0) is 15.6. The van der Waals surface area contributed by atoms with E-state index in [0.29, 0.717) is 24.0 Å². The lowest BCUT2D eigenvalue weighted by Crippen LogP contribution is -2.52. The van der Waals surface area contributed by atoms with Crippen molar-refractivity contribution in [3.63, 3.8) is 0 Å². The zero-order valence-electron chi connectivity index (χ0n) is 12.3. The zero-order valence-corrected chi connectivity index (χ0v) is 12.3. The maximum Gasteiger partial charge on any atom is 0.311 e. The Morgan fingerprint density at radius 2 is 2.05 bits per heavy atom. The number of aromatic hydroxyl groups is 1. The van der Waals surface area contributed by atoms with E-state index in [1.165, 1.54) is 6.07 Å². The van der Waals surface area contributed by atoms with Crippen LogP contribution in [0.4, 0.5) is 0 Å². The molecule has 5 heteroatoms. The number of rotatable bonds is 3. The summed E-state index contributed by atoms with van der Waals surface area (Å²) in [6.07, 6.45) is 2.99. The first-order chi connectivity index (χ1) is 9.86. The van der Waals surface area contributed by atoms with Crippen LogP contribution in [0.5, 0.6) is 5.75 Å². The van der Waals surface area contributed by atoms with Crippen LogP contribution < -0.4 is 5.32 Å². The molecule has 0 heterocycles. The van der Waals surface area contributed by atoms with E-state index in [4.69, 9.17) is 0 Å². The van der Waals surface area contributed by atoms with Crippen molar-refractivity contribution in [1.29, 1.82) is 0 Å². The van der Waals surface area contributed by atoms with E-state index in [-0.39, 0.29) is 11.7 Å². The van der Waals surface area contributed by atoms with Gasteiger partial charge in [0.2, 0.25) is 0 Å². The normalized spacial score (nSPS) is 25.3. The molecule has 0 saturated heterocycles. The monoisotopic (exact) mass is 291 g/mol. The number of aliphatic carboxylic acids is 1. The number of carbonyl (C=O) groups is 2. The summed E-state index contributed by atoms with van der Waals surface area (Å²) in [5.41, 5.74) is -0.0466. The molecule has 5 nitrogen and oxygen atoms in total. The molecule has 21 heavy (non-hydrogen) atoms. The van der Waals surface area contributed by atoms with Gasteiger partial charge in [-0.25, -0.2) is 0 Å². The molecule has 2 atom stereocenters. The second kappa shape index (κ2) is 5.76. The van der Waals surface area contributed by atoms with Gasteiger partial charge in [-0.2, -0.15) is 0 Å². The molecule has 0 radical (unpaired) electrons. The molecule has 2 unspecified atom stereocenters. The Bertz CT molecular complexity index is 569. The van der Waals surface area contributed by atoms with Gasteiger partial charge in [0, 0.05) is 17.2 Å². The number of hydrogen-bond acceptors (Lipinski definition) is 3. The van der Waals surface area contributed by atoms with Gasteiger partial charge < -0.3 is 15.5 Å². The SMILES string of the molecule is Cc1c(O)cccc1C(=O)NC1CCCCC1(C)C(=O)O. The highest BCUT2D eigenvalue weighted by atomic mass is 16.4. The summed E-state index contributed by atoms with van der Waals surface area (Å²) in [5, 5.41) is 22.0. The third-order valence-electron chi connectivity index (χ3n) is 4.55. The fraction of sp³-hybridized carbons (Fsp3) is 0.500. The molecule has 1 aliphatic rings. The van der Waals surface area contributed by atoms with E-state index < -0.39 is 17.4 Å². The molecule has 1 amide bonds. The minimum atomic E-state index is -0.932. The number of phenols is 1. The van der Waals surface area contributed by atoms with Crippen molar-refractivity contribution < 1.29 is 19.8 Å². The van der Waals surface area contributed by atoms with Gasteiger partial charge in [0.15, 0.2) is 0 Å². The first-order valence-corrected chi connectivity index (χ1v) is 7.19. The van der Waals surface area contributed by atoms with Crippen molar-refractivity contribution in [2.75, 3.05) is 0 Å². The van der Waals surface area contributed by atoms with Crippen LogP contribution in [0.25, 0.3) is 0 Å². The summed E-state index contributed by atoms with van der Waals surface area (Å²) in [4.78, 5) is 23.9. The van der Waals surface area contributed by atoms with E-state index in [9.17, 15) is 19.8 Å². The van der Waals surface area contributed by atoms with Crippen molar-refractivity contribution in [3.8, 4) is 5.75 Å². The molecule has 1 saturated carbocycles. The van der Waals surface area contributed by atoms with Crippen LogP contribution >= 0.6 is 0 Å². The summed E-state index contributed by atoms with van der Waals surface area (Å²) >= 11 is 0. The van der Waals surface area contributed by atoms with Crippen molar-refractivity contribution in [1.82, 2.24) is 5.32 Å². The second-order valence-corrected chi connectivity index (χ2v) is 5.94. The predicted molar refractivity (Wildman–Crippen MR) is 78.3 cm³/mol. The predicted octanol–water partition coefficient (Wildman–Crippen LogP) is 2.46. The molecular formula is C16H21NO4. The van der Waals surface area contributed by atoms with Crippen LogP contribution in [-0.2, 0) is 4.79 Å². The molecule has 1 aliphatic carbocycles. The van der Waals surface area contributed by atoms with Crippen molar-refractivity contribution >= 4 is 11.9 Å². The van der Waals surface area contributed by atoms with Crippen LogP contribution in [0.2, 0.25) is 0 Å². The molecular weight excluding hydrogens is 270 g/mol. The van der Waals surface area contributed by atoms with Crippen molar-refractivity contribution in [2.45, 2.75) is 45.6 Å². The number of amides is 1. The number of hydrogen-bond donors (Lipinski definition) is 3. The van der Waals surface area contributed by atoms with Crippen LogP contribution in [0, 0.1) is 12.3 Å². The number of phenolic OH excluding ortho intramolecular Hbond substituents is 1. The highest BCUT2D eigenvalue weighted by Crippen LogP contribution is 2.36. The Kier molecular flexibility index (Phi) is 4.21. The number of carbonyl (C=O) groups excluding carboxylic acids is 1. The van der Waals surface area contributed by atoms with Gasteiger partial charge in [0.05, 0.1) is 5.41 Å². The van der Waals surface area contributed by atoms with Gasteiger partial charge in [-0.3, -0.25) is 9.59 Å². The first kappa shape index (κ1) is 15.4. The number of benzene rings is 1. The molecule has 2 rings (SSSR count). The van der Waals surface area contributed by atoms with Gasteiger partial charge >= 0.3 is 5.97 Å². The quantitative estimate of drug-likeness (QED) is 0.798. The smallest absolute Gasteiger partial charge is 0.311 e. The largest absolute Gasteiger partial charge is 0.508 e. The molecule has 0 aromatic heterocycles. The summed E-state index contributed by atoms with van der Waals surface area (Å²) in [5.74, 6) is -1.14. The van der Waals surface area contributed by atoms with Crippen LogP contribution in [0.1, 0.15) is 48.5 Å². The number of nitrogens with one attached hydrogen (secondary N) is 1. The minimum absolute atomic E-state index is 0.0623. The minimum Gasteiger partial charge on any atom is -0.508 e. The Hall–Kier alpha value is -2.04. The van der Waals surface area contributed by atoms with Crippen molar-refractivity contribution in [3.05, 3.63) is 29.3 Å². The van der Waals surface area contributed by atoms with Crippen LogP contribution in [0.15, 0.2) is 18.2 Å². The second-order valence-electron chi connectivity index (χ2n) is 5.94. The van der Waals surface area contributed by atoms with Gasteiger partial charge in [0.25, 0.3) is 5.91 Å². The van der Waals surface area contributed by atoms with Crippen LogP contribution in [-0.4, -0.2) is 28.1 Å². The van der Waals surface area contributed by atoms with Gasteiger partial charge in [-0.1, -0.05) is 18.9 Å². The van der Waals surface area contributed by atoms with Crippen LogP contribution in [0.3, 0.4) is 0 Å². The third-order valence-corrected chi connectivity index (χ3v) is 4.55. The molecule has 0 aliphatic heterocycles. The molecule has 0 spiro atoms. The van der Waals surface area contributed by atoms with E-state index in [0.717, 1.165) is 12.8 Å². The first-order valence-electron chi connectivity index (χ1n) is 7.19. The molecule has 114 valence electrons. The van der Waals surface area contributed by atoms with E-state index in [2.05, 4.69) is 5.32 Å². The fourth-order valence-electron chi connectivity index (χ4n) is 2.93. The summed E-state index contributed by atoms with van der Waals surface area (Å²) in [6, 6.07) is 4.37. The lowest BCUT2D eigenvalue weighted by Gasteiger charge is -2.38. The lowest BCUT2D eigenvalue weighted by atomic mass is 9.71. The highest BCUT2D eigenvalue weighted by molar-refractivity contribution is 5.96. The summed E-state index contributed by atoms with van der Waals surface area (Å²) < 4.78 is 0. The third kappa shape index (κ3) is 2.86. The maximum absolute atomic E-state index is 12.4. The standard InChI is InChI=1S/C16H21NO4/c1-10-11(6-5-7-12(10)18)14(19)17-13-8-3-4-9-16(13,2)15(20)21/h5-7,13,18H,3-4,8-9H2,1-2H3,(H,17,19)(H,20,21). The Labute approximate surface area is 124 Å². The Balaban J connectivity index is 2.21. The molecule has 3 N–H and O–H groups in total. The van der Waals surface area contributed by atoms with E-state index >= 15 is 0 Å². The Morgan fingerprint density at radius 1 is 1.33 bits per heavy atom. The van der Waals surface area contributed by atoms with Crippen molar-refractivity contribution in [2.24, 2.45) is 5.41 Å². The number of carboxylic acids is 1. The average Bonchev–Trinajstić information content (AvgIpc) is 2.44. The van der Waals surface area contributed by atoms with Gasteiger partial charge in [-0.15, -0.1) is 0 Å².